The van der Waals surface area contributed by atoms with Gasteiger partial charge < -0.3 is 25.8 Å². The van der Waals surface area contributed by atoms with Gasteiger partial charge >= 0.3 is 6.18 Å². The number of aromatic nitrogens is 4. The van der Waals surface area contributed by atoms with Crippen molar-refractivity contribution < 1.29 is 32.6 Å². The van der Waals surface area contributed by atoms with Crippen molar-refractivity contribution in [1.29, 1.82) is 0 Å². The Morgan fingerprint density at radius 1 is 1.14 bits per heavy atom. The van der Waals surface area contributed by atoms with Crippen LogP contribution in [0.5, 0.6) is 0 Å². The maximum absolute atomic E-state index is 12.1. The first-order valence-corrected chi connectivity index (χ1v) is 12.8. The quantitative estimate of drug-likeness (QED) is 0.300. The van der Waals surface area contributed by atoms with E-state index in [-0.39, 0.29) is 18.1 Å². The maximum Gasteiger partial charge on any atom is 0.416 e. The Morgan fingerprint density at radius 2 is 1.90 bits per heavy atom. The first-order valence-electron chi connectivity index (χ1n) is 12.8. The lowest BCUT2D eigenvalue weighted by Gasteiger charge is -2.26. The zero-order valence-corrected chi connectivity index (χ0v) is 22.5. The van der Waals surface area contributed by atoms with E-state index in [1.807, 2.05) is 35.0 Å². The first kappa shape index (κ1) is 30.1. The van der Waals surface area contributed by atoms with Gasteiger partial charge in [-0.15, -0.1) is 0 Å². The lowest BCUT2D eigenvalue weighted by molar-refractivity contribution is -0.137. The summed E-state index contributed by atoms with van der Waals surface area (Å²) >= 11 is 0. The van der Waals surface area contributed by atoms with Crippen LogP contribution < -0.4 is 16.0 Å². The summed E-state index contributed by atoms with van der Waals surface area (Å²) in [6.45, 7) is 3.26. The molecule has 4 aromatic rings. The Morgan fingerprint density at radius 3 is 2.57 bits per heavy atom. The maximum atomic E-state index is 12.1. The number of nitrogens with zero attached hydrogens (tertiary/aromatic N) is 5. The van der Waals surface area contributed by atoms with Crippen LogP contribution in [0, 0.1) is 0 Å². The number of carbonyl (C=O) groups excluding carboxylic acids is 2. The summed E-state index contributed by atoms with van der Waals surface area (Å²) < 4.78 is 43.3. The molecular weight excluding hydrogens is 555 g/mol. The van der Waals surface area contributed by atoms with Crippen LogP contribution in [0.4, 0.5) is 24.8 Å². The normalized spacial score (nSPS) is 14.1. The number of aliphatic hydroxyl groups excluding tert-OH is 1. The zero-order valence-electron chi connectivity index (χ0n) is 22.5. The van der Waals surface area contributed by atoms with Gasteiger partial charge in [-0.05, 0) is 55.5 Å². The molecule has 2 aromatic heterocycles. The molecular formula is C28H28F3N7O4. The number of benzene rings is 2. The summed E-state index contributed by atoms with van der Waals surface area (Å²) in [5.41, 5.74) is 5.54. The van der Waals surface area contributed by atoms with Crippen LogP contribution >= 0.6 is 0 Å². The smallest absolute Gasteiger partial charge is 0.392 e. The van der Waals surface area contributed by atoms with Crippen LogP contribution in [0.1, 0.15) is 22.8 Å². The van der Waals surface area contributed by atoms with Gasteiger partial charge in [0.25, 0.3) is 5.91 Å². The predicted octanol–water partition coefficient (Wildman–Crippen LogP) is 3.29. The van der Waals surface area contributed by atoms with E-state index in [2.05, 4.69) is 20.3 Å². The number of imidazole rings is 1. The van der Waals surface area contributed by atoms with E-state index >= 15 is 0 Å². The van der Waals surface area contributed by atoms with Gasteiger partial charge in [-0.1, -0.05) is 6.07 Å². The molecule has 14 heteroatoms. The number of ether oxygens (including phenoxy) is 1. The minimum Gasteiger partial charge on any atom is -0.392 e. The summed E-state index contributed by atoms with van der Waals surface area (Å²) in [6, 6.07) is 13.5. The summed E-state index contributed by atoms with van der Waals surface area (Å²) in [5, 5.41) is 12.4. The van der Waals surface area contributed by atoms with Crippen LogP contribution in [0.25, 0.3) is 17.2 Å². The fourth-order valence-electron chi connectivity index (χ4n) is 3.94. The van der Waals surface area contributed by atoms with E-state index in [4.69, 9.17) is 10.5 Å². The number of hydrogen-bond acceptors (Lipinski definition) is 8. The number of morpholine rings is 1. The summed E-state index contributed by atoms with van der Waals surface area (Å²) in [4.78, 5) is 37.4. The second-order valence-electron chi connectivity index (χ2n) is 9.18. The molecule has 11 nitrogen and oxygen atoms in total. The van der Waals surface area contributed by atoms with Gasteiger partial charge in [0.05, 0.1) is 18.3 Å². The molecule has 1 fully saturated rings. The van der Waals surface area contributed by atoms with Gasteiger partial charge in [0.2, 0.25) is 11.9 Å². The number of halogens is 3. The van der Waals surface area contributed by atoms with Crippen LogP contribution in [-0.4, -0.2) is 68.8 Å². The number of primary amides is 1. The van der Waals surface area contributed by atoms with Gasteiger partial charge in [-0.3, -0.25) is 14.2 Å². The van der Waals surface area contributed by atoms with Crippen molar-refractivity contribution >= 4 is 23.5 Å². The van der Waals surface area contributed by atoms with Crippen molar-refractivity contribution in [2.24, 2.45) is 5.73 Å². The Bertz CT molecular complexity index is 1520. The highest BCUT2D eigenvalue weighted by atomic mass is 19.4. The lowest BCUT2D eigenvalue weighted by atomic mass is 10.1. The minimum atomic E-state index is -4.44. The lowest BCUT2D eigenvalue weighted by Crippen LogP contribution is -2.41. The third-order valence-electron chi connectivity index (χ3n) is 5.98. The molecule has 2 aromatic carbocycles. The van der Waals surface area contributed by atoms with Gasteiger partial charge in [-0.2, -0.15) is 18.2 Å². The topological polar surface area (TPSA) is 148 Å². The van der Waals surface area contributed by atoms with Crippen molar-refractivity contribution in [3.8, 4) is 17.2 Å². The van der Waals surface area contributed by atoms with Crippen molar-refractivity contribution in [3.63, 3.8) is 0 Å². The molecule has 4 N–H and O–H groups in total. The van der Waals surface area contributed by atoms with E-state index in [1.165, 1.54) is 6.07 Å². The average molecular weight is 584 g/mol. The van der Waals surface area contributed by atoms with E-state index in [9.17, 15) is 27.9 Å². The molecule has 0 saturated carbocycles. The Balaban J connectivity index is 0.000000262. The number of rotatable bonds is 7. The van der Waals surface area contributed by atoms with Gasteiger partial charge in [0.1, 0.15) is 18.2 Å². The minimum absolute atomic E-state index is 0.0382. The van der Waals surface area contributed by atoms with Crippen molar-refractivity contribution in [1.82, 2.24) is 19.5 Å². The second-order valence-corrected chi connectivity index (χ2v) is 9.18. The molecule has 0 aliphatic carbocycles. The number of alkyl halides is 3. The highest BCUT2D eigenvalue weighted by Crippen LogP contribution is 2.29. The third-order valence-corrected chi connectivity index (χ3v) is 5.98. The molecule has 0 bridgehead atoms. The Hall–Kier alpha value is -4.82. The standard InChI is InChI=1S/C20H22N6O3.C8H6F3NO/c1-14(27)12-23-20-22-7-6-17(24-20)26-9-8-21-19(26)15-2-4-16(5-3-15)25-10-11-29-13-18(25)28;9-8(10,11)6-3-1-2-5(4-6)7(12)13/h2-9,14,27H,10-13H2,1H3,(H,22,23,24);1-4H,(H2,12,13)/t14-;/m0./s1. The van der Waals surface area contributed by atoms with Crippen molar-refractivity contribution in [3.05, 3.63) is 84.3 Å². The largest absolute Gasteiger partial charge is 0.416 e. The zero-order chi connectivity index (χ0) is 30.3. The SMILES string of the molecule is C[C@H](O)CNc1nccc(-n2ccnc2-c2ccc(N3CCOCC3=O)cc2)n1.NC(=O)c1cccc(C(F)(F)F)c1. The number of anilines is 2. The predicted molar refractivity (Wildman–Crippen MR) is 148 cm³/mol. The number of nitrogens with two attached hydrogens (primary N) is 1. The Labute approximate surface area is 238 Å². The summed E-state index contributed by atoms with van der Waals surface area (Å²) in [5.74, 6) is 0.914. The van der Waals surface area contributed by atoms with Gasteiger partial charge in [0.15, 0.2) is 0 Å². The molecule has 220 valence electrons. The monoisotopic (exact) mass is 583 g/mol. The molecule has 1 saturated heterocycles. The van der Waals surface area contributed by atoms with Crippen LogP contribution in [0.3, 0.4) is 0 Å². The number of aliphatic hydroxyl groups is 1. The second kappa shape index (κ2) is 13.2. The van der Waals surface area contributed by atoms with E-state index < -0.39 is 23.8 Å². The number of amides is 2. The van der Waals surface area contributed by atoms with E-state index in [1.54, 1.807) is 30.3 Å². The first-order chi connectivity index (χ1) is 20.0. The Kier molecular flexibility index (Phi) is 9.49. The highest BCUT2D eigenvalue weighted by molar-refractivity contribution is 5.95. The molecule has 42 heavy (non-hydrogen) atoms. The fraction of sp³-hybridized carbons (Fsp3) is 0.250. The molecule has 0 radical (unpaired) electrons. The molecule has 1 atom stereocenters. The number of hydrogen-bond donors (Lipinski definition) is 3. The molecule has 5 rings (SSSR count). The van der Waals surface area contributed by atoms with Crippen molar-refractivity contribution in [2.75, 3.05) is 36.5 Å². The van der Waals surface area contributed by atoms with Gasteiger partial charge in [-0.25, -0.2) is 9.97 Å². The number of nitrogens with one attached hydrogen (secondary N) is 1. The third kappa shape index (κ3) is 7.67. The highest BCUT2D eigenvalue weighted by Gasteiger charge is 2.30. The molecule has 0 unspecified atom stereocenters. The molecule has 3 heterocycles. The number of carbonyl (C=O) groups is 2. The van der Waals surface area contributed by atoms with Crippen LogP contribution in [0.15, 0.2) is 73.2 Å². The molecule has 2 amide bonds. The van der Waals surface area contributed by atoms with Crippen LogP contribution in [0.2, 0.25) is 0 Å². The van der Waals surface area contributed by atoms with Crippen LogP contribution in [-0.2, 0) is 15.7 Å². The average Bonchev–Trinajstić information content (AvgIpc) is 3.47. The molecule has 1 aliphatic rings. The van der Waals surface area contributed by atoms with Crippen molar-refractivity contribution in [2.45, 2.75) is 19.2 Å². The fourth-order valence-corrected chi connectivity index (χ4v) is 3.94. The molecule has 0 spiro atoms. The summed E-state index contributed by atoms with van der Waals surface area (Å²) in [7, 11) is 0. The summed E-state index contributed by atoms with van der Waals surface area (Å²) in [6.07, 6.45) is 0.257. The van der Waals surface area contributed by atoms with E-state index in [0.717, 1.165) is 35.3 Å². The van der Waals surface area contributed by atoms with Gasteiger partial charge in [0, 0.05) is 48.5 Å². The van der Waals surface area contributed by atoms with E-state index in [0.29, 0.717) is 31.5 Å². The molecule has 1 aliphatic heterocycles.